The fourth-order valence-corrected chi connectivity index (χ4v) is 10.1. The highest BCUT2D eigenvalue weighted by atomic mass is 16.6. The first-order valence-electron chi connectivity index (χ1n) is 20.5. The van der Waals surface area contributed by atoms with Gasteiger partial charge in [0, 0.05) is 60.5 Å². The average Bonchev–Trinajstić information content (AvgIpc) is 3.19. The summed E-state index contributed by atoms with van der Waals surface area (Å²) < 4.78 is 12.1. The number of Topliss-reactive ketones (excluding diaryl/α,β-unsaturated/α-hetero) is 1. The van der Waals surface area contributed by atoms with Crippen LogP contribution in [0, 0.1) is 29.6 Å². The zero-order valence-corrected chi connectivity index (χ0v) is 32.7. The number of aliphatic hydroxyl groups is 4. The quantitative estimate of drug-likeness (QED) is 0.117. The smallest absolute Gasteiger partial charge is 0.334 e. The first-order chi connectivity index (χ1) is 27.9. The van der Waals surface area contributed by atoms with E-state index in [2.05, 4.69) is 17.2 Å². The van der Waals surface area contributed by atoms with E-state index in [1.807, 2.05) is 30.3 Å². The highest BCUT2D eigenvalue weighted by Crippen LogP contribution is 2.51. The molecule has 0 amide bonds. The lowest BCUT2D eigenvalue weighted by atomic mass is 9.56. The standard InChI is InChI=1S/C47H51NO10/c1-26(50)24-48-35-14-29(25-49)13-32(18-35)30-7-8-31-22-45(54)57-43-23-42(53)33(20-38(31)43)21-44-47(56)11-3-6-37-39(41(52)10-9-40(37)47)16-28-5-2-4-27(12-28)15-36(51)19-34(17-30)46(55)58-44/h2,4-5,12-14,18-20,23,26,30-31,36-37,39-40,44,48-51,53,56H,3,6,9-11,15-17,21-22,24-25H2,1H3/b34-19-/t26-,30-,31+,36+,37-,39-,40+,44+,47-/m0/s1. The largest absolute Gasteiger partial charge is 0.508 e. The van der Waals surface area contributed by atoms with Crippen molar-refractivity contribution in [2.24, 2.45) is 17.8 Å². The molecule has 9 atom stereocenters. The van der Waals surface area contributed by atoms with Crippen LogP contribution in [-0.2, 0) is 45.0 Å². The molecule has 0 spiro atoms. The molecule has 0 radical (unpaired) electrons. The number of anilines is 1. The number of phenolic OH excluding ortho intramolecular Hbond substituents is 1. The Morgan fingerprint density at radius 3 is 2.53 bits per heavy atom. The van der Waals surface area contributed by atoms with Gasteiger partial charge in [-0.05, 0) is 103 Å². The fourth-order valence-electron chi connectivity index (χ4n) is 10.1. The topological polar surface area (TPSA) is 183 Å². The Morgan fingerprint density at radius 1 is 0.948 bits per heavy atom. The summed E-state index contributed by atoms with van der Waals surface area (Å²) in [4.78, 5) is 41.5. The van der Waals surface area contributed by atoms with Gasteiger partial charge >= 0.3 is 11.9 Å². The number of rotatable bonds is 5. The predicted octanol–water partition coefficient (Wildman–Crippen LogP) is 4.93. The van der Waals surface area contributed by atoms with Crippen molar-refractivity contribution < 1.29 is 49.4 Å². The first kappa shape index (κ1) is 39.8. The Hall–Kier alpha value is -4.99. The molecule has 11 nitrogen and oxygen atoms in total. The lowest BCUT2D eigenvalue weighted by Crippen LogP contribution is -2.59. The van der Waals surface area contributed by atoms with Crippen LogP contribution in [-0.4, -0.2) is 73.7 Å². The van der Waals surface area contributed by atoms with Crippen molar-refractivity contribution in [3.05, 3.63) is 99.6 Å². The monoisotopic (exact) mass is 789 g/mol. The number of carbonyl (C=O) groups excluding carboxylic acids is 3. The number of ketones is 1. The lowest BCUT2D eigenvalue weighted by molar-refractivity contribution is -0.191. The summed E-state index contributed by atoms with van der Waals surface area (Å²) in [5.74, 6) is 3.29. The van der Waals surface area contributed by atoms with E-state index in [0.29, 0.717) is 53.6 Å². The number of nitrogens with one attached hydrogen (secondary N) is 1. The Balaban J connectivity index is 1.32. The van der Waals surface area contributed by atoms with Gasteiger partial charge in [0.2, 0.25) is 0 Å². The van der Waals surface area contributed by atoms with Crippen LogP contribution in [0.2, 0.25) is 0 Å². The van der Waals surface area contributed by atoms with Crippen molar-refractivity contribution in [2.75, 3.05) is 11.9 Å². The second kappa shape index (κ2) is 16.3. The van der Waals surface area contributed by atoms with Crippen LogP contribution in [0.5, 0.6) is 11.5 Å². The minimum absolute atomic E-state index is 0.0334. The van der Waals surface area contributed by atoms with E-state index < -0.39 is 47.7 Å². The van der Waals surface area contributed by atoms with E-state index >= 15 is 0 Å². The molecule has 3 heterocycles. The number of aliphatic hydroxyl groups excluding tert-OH is 3. The Bertz CT molecular complexity index is 2200. The number of ether oxygens (including phenoxy) is 2. The molecule has 2 saturated carbocycles. The predicted molar refractivity (Wildman–Crippen MR) is 214 cm³/mol. The van der Waals surface area contributed by atoms with Gasteiger partial charge in [0.05, 0.1) is 31.2 Å². The van der Waals surface area contributed by atoms with Crippen LogP contribution in [0.4, 0.5) is 5.69 Å². The third-order valence-corrected chi connectivity index (χ3v) is 12.9. The molecule has 0 aromatic heterocycles. The highest BCUT2D eigenvalue weighted by molar-refractivity contribution is 5.89. The molecular weight excluding hydrogens is 739 g/mol. The molecule has 3 aromatic carbocycles. The van der Waals surface area contributed by atoms with Gasteiger partial charge in [-0.25, -0.2) is 4.79 Å². The zero-order chi connectivity index (χ0) is 40.7. The molecule has 10 bridgehead atoms. The summed E-state index contributed by atoms with van der Waals surface area (Å²) in [6.45, 7) is 1.61. The molecule has 8 rings (SSSR count). The summed E-state index contributed by atoms with van der Waals surface area (Å²) in [5, 5.41) is 59.7. The molecule has 0 unspecified atom stereocenters. The Morgan fingerprint density at radius 2 is 1.74 bits per heavy atom. The van der Waals surface area contributed by atoms with Crippen molar-refractivity contribution in [3.8, 4) is 23.3 Å². The summed E-state index contributed by atoms with van der Waals surface area (Å²) >= 11 is 0. The number of hydrogen-bond donors (Lipinski definition) is 6. The molecule has 5 aliphatic rings. The second-order valence-corrected chi connectivity index (χ2v) is 17.0. The fraction of sp³-hybridized carbons (Fsp3) is 0.468. The number of fused-ring (bicyclic) bond motifs is 7. The highest BCUT2D eigenvalue weighted by Gasteiger charge is 2.55. The van der Waals surface area contributed by atoms with Gasteiger partial charge in [-0.2, -0.15) is 0 Å². The first-order valence-corrected chi connectivity index (χ1v) is 20.5. The van der Waals surface area contributed by atoms with Crippen LogP contribution in [0.3, 0.4) is 0 Å². The van der Waals surface area contributed by atoms with Crippen molar-refractivity contribution >= 4 is 23.4 Å². The molecular formula is C47H51NO10. The van der Waals surface area contributed by atoms with Crippen LogP contribution in [0.15, 0.2) is 66.2 Å². The van der Waals surface area contributed by atoms with Gasteiger partial charge in [0.1, 0.15) is 29.0 Å². The van der Waals surface area contributed by atoms with Crippen molar-refractivity contribution in [1.82, 2.24) is 0 Å². The second-order valence-electron chi connectivity index (χ2n) is 17.0. The molecule has 2 fully saturated rings. The number of esters is 2. The van der Waals surface area contributed by atoms with E-state index in [0.717, 1.165) is 17.5 Å². The van der Waals surface area contributed by atoms with Crippen LogP contribution in [0.25, 0.3) is 0 Å². The Labute approximate surface area is 338 Å². The van der Waals surface area contributed by atoms with E-state index in [-0.39, 0.29) is 85.9 Å². The number of benzene rings is 3. The maximum atomic E-state index is 14.8. The molecule has 58 heavy (non-hydrogen) atoms. The maximum absolute atomic E-state index is 14.8. The summed E-state index contributed by atoms with van der Waals surface area (Å²) in [6.07, 6.45) is 1.46. The lowest BCUT2D eigenvalue weighted by Gasteiger charge is -2.52. The molecule has 11 heteroatoms. The third-order valence-electron chi connectivity index (χ3n) is 12.9. The van der Waals surface area contributed by atoms with Gasteiger partial charge in [-0.15, -0.1) is 0 Å². The minimum atomic E-state index is -1.56. The number of hydrogen-bond acceptors (Lipinski definition) is 11. The van der Waals surface area contributed by atoms with Gasteiger partial charge in [-0.3, -0.25) is 9.59 Å². The van der Waals surface area contributed by atoms with E-state index in [1.54, 1.807) is 25.1 Å². The third kappa shape index (κ3) is 8.16. The van der Waals surface area contributed by atoms with E-state index in [1.165, 1.54) is 12.1 Å². The summed E-state index contributed by atoms with van der Waals surface area (Å²) in [7, 11) is 0. The average molecular weight is 790 g/mol. The van der Waals surface area contributed by atoms with E-state index in [9.17, 15) is 39.9 Å². The van der Waals surface area contributed by atoms with Crippen molar-refractivity contribution in [2.45, 2.75) is 113 Å². The van der Waals surface area contributed by atoms with Crippen molar-refractivity contribution in [1.29, 1.82) is 0 Å². The normalized spacial score (nSPS) is 30.9. The number of phenols is 1. The van der Waals surface area contributed by atoms with E-state index in [4.69, 9.17) is 9.47 Å². The number of aromatic hydroxyl groups is 1. The maximum Gasteiger partial charge on any atom is 0.334 e. The summed E-state index contributed by atoms with van der Waals surface area (Å²) in [6, 6.07) is 16.3. The van der Waals surface area contributed by atoms with Gasteiger partial charge in [0.25, 0.3) is 0 Å². The van der Waals surface area contributed by atoms with Gasteiger partial charge in [0.15, 0.2) is 0 Å². The molecule has 0 saturated heterocycles. The summed E-state index contributed by atoms with van der Waals surface area (Å²) in [5.41, 5.74) is 3.17. The number of carbonyl (C=O) groups is 3. The molecule has 3 aromatic rings. The molecule has 3 aliphatic heterocycles. The molecule has 6 N–H and O–H groups in total. The SMILES string of the molecule is C[C@H](O)CNc1cc(CO)cc([C@H]2C#C[C@@H]3CC(=O)Oc4cc(O)c(cc43)C[C@H]3OC(=O)/C(=C\[C@H](O)Cc4cccc(c4)C[C@@H]4C(=O)CC[C@@H]5[C@H]4CCC[C@]53O)C2)c1. The molecule has 2 aliphatic carbocycles. The molecule has 304 valence electrons. The van der Waals surface area contributed by atoms with Gasteiger partial charge < -0.3 is 40.3 Å². The minimum Gasteiger partial charge on any atom is -0.508 e. The zero-order valence-electron chi connectivity index (χ0n) is 32.7. The van der Waals surface area contributed by atoms with Crippen LogP contribution < -0.4 is 10.1 Å². The Kier molecular flexibility index (Phi) is 11.2. The van der Waals surface area contributed by atoms with Crippen LogP contribution in [0.1, 0.15) is 97.1 Å². The van der Waals surface area contributed by atoms with Gasteiger partial charge in [-0.1, -0.05) is 48.6 Å². The van der Waals surface area contributed by atoms with Crippen LogP contribution >= 0.6 is 0 Å². The van der Waals surface area contributed by atoms with Crippen molar-refractivity contribution in [3.63, 3.8) is 0 Å².